The van der Waals surface area contributed by atoms with Crippen molar-refractivity contribution in [3.63, 3.8) is 0 Å². The van der Waals surface area contributed by atoms with Crippen LogP contribution in [0, 0.1) is 11.8 Å². The van der Waals surface area contributed by atoms with Crippen molar-refractivity contribution in [2.24, 2.45) is 22.7 Å². The number of oxime groups is 1. The van der Waals surface area contributed by atoms with Crippen LogP contribution in [0.25, 0.3) is 0 Å². The van der Waals surface area contributed by atoms with Crippen molar-refractivity contribution in [1.29, 1.82) is 0 Å². The third kappa shape index (κ3) is 3.44. The lowest BCUT2D eigenvalue weighted by Gasteiger charge is -2.18. The highest BCUT2D eigenvalue weighted by molar-refractivity contribution is 6.07. The van der Waals surface area contributed by atoms with Crippen LogP contribution in [0.1, 0.15) is 13.8 Å². The lowest BCUT2D eigenvalue weighted by molar-refractivity contribution is -0.119. The molecular weight excluding hydrogens is 220 g/mol. The van der Waals surface area contributed by atoms with E-state index >= 15 is 0 Å². The van der Waals surface area contributed by atoms with Gasteiger partial charge in [0.25, 0.3) is 0 Å². The Bertz CT molecular complexity index is 403. The molecule has 1 aromatic heterocycles. The Balaban J connectivity index is 2.80. The first-order chi connectivity index (χ1) is 8.06. The minimum absolute atomic E-state index is 0.0671. The molecule has 0 aliphatic heterocycles. The second-order valence-electron chi connectivity index (χ2n) is 3.98. The maximum atomic E-state index is 11.9. The van der Waals surface area contributed by atoms with E-state index in [1.54, 1.807) is 18.3 Å². The second kappa shape index (κ2) is 5.83. The molecule has 0 fully saturated rings. The molecule has 0 aliphatic rings. The summed E-state index contributed by atoms with van der Waals surface area (Å²) in [6.45, 7) is 3.65. The predicted molar refractivity (Wildman–Crippen MR) is 64.6 cm³/mol. The third-order valence-electron chi connectivity index (χ3n) is 2.31. The molecule has 0 aliphatic carbocycles. The predicted octanol–water partition coefficient (Wildman–Crippen LogP) is 1.04. The minimum atomic E-state index is -0.666. The van der Waals surface area contributed by atoms with E-state index in [-0.39, 0.29) is 17.7 Å². The molecule has 6 nitrogen and oxygen atoms in total. The zero-order valence-electron chi connectivity index (χ0n) is 9.79. The molecule has 1 atom stereocenters. The molecule has 0 aromatic carbocycles. The van der Waals surface area contributed by atoms with Crippen molar-refractivity contribution < 1.29 is 10.0 Å². The molecule has 1 rings (SSSR count). The summed E-state index contributed by atoms with van der Waals surface area (Å²) in [6.07, 6.45) is 3.14. The molecule has 1 heterocycles. The third-order valence-corrected chi connectivity index (χ3v) is 2.31. The van der Waals surface area contributed by atoms with Crippen LogP contribution in [0.2, 0.25) is 0 Å². The number of nitrogens with two attached hydrogens (primary N) is 1. The Labute approximate surface area is 99.5 Å². The summed E-state index contributed by atoms with van der Waals surface area (Å²) < 4.78 is 0. The highest BCUT2D eigenvalue weighted by Gasteiger charge is 2.26. The van der Waals surface area contributed by atoms with E-state index in [4.69, 9.17) is 10.9 Å². The average Bonchev–Trinajstić information content (AvgIpc) is 2.29. The Morgan fingerprint density at radius 3 is 2.76 bits per heavy atom. The number of amides is 1. The molecule has 6 heteroatoms. The zero-order chi connectivity index (χ0) is 12.8. The van der Waals surface area contributed by atoms with Gasteiger partial charge in [-0.15, -0.1) is 0 Å². The number of hydrogen-bond acceptors (Lipinski definition) is 4. The first-order valence-electron chi connectivity index (χ1n) is 5.24. The fourth-order valence-corrected chi connectivity index (χ4v) is 1.50. The number of nitrogens with zero attached hydrogens (tertiary/aromatic N) is 2. The molecule has 0 spiro atoms. The Morgan fingerprint density at radius 2 is 2.29 bits per heavy atom. The number of nitrogens with one attached hydrogen (secondary N) is 1. The second-order valence-corrected chi connectivity index (χ2v) is 3.98. The fraction of sp³-hybridized carbons (Fsp3) is 0.364. The number of pyridine rings is 1. The first-order valence-corrected chi connectivity index (χ1v) is 5.24. The van der Waals surface area contributed by atoms with E-state index in [0.29, 0.717) is 5.69 Å². The molecular formula is C11H16N4O2. The van der Waals surface area contributed by atoms with Crippen molar-refractivity contribution in [2.45, 2.75) is 13.8 Å². The standard InChI is InChI=1S/C11H16N4O2/c1-7(2)9(10(12)15-17)11(16)14-8-4-3-5-13-6-8/h3-7,9,17H,1-2H3,(H2,12,15)(H,14,16). The highest BCUT2D eigenvalue weighted by Crippen LogP contribution is 2.14. The van der Waals surface area contributed by atoms with E-state index in [1.165, 1.54) is 6.20 Å². The molecule has 0 saturated carbocycles. The number of anilines is 1. The normalized spacial score (nSPS) is 13.5. The summed E-state index contributed by atoms with van der Waals surface area (Å²) in [5.41, 5.74) is 6.07. The Kier molecular flexibility index (Phi) is 4.45. The van der Waals surface area contributed by atoms with Crippen LogP contribution in [0.5, 0.6) is 0 Å². The van der Waals surface area contributed by atoms with Crippen LogP contribution in [0.3, 0.4) is 0 Å². The van der Waals surface area contributed by atoms with Gasteiger partial charge in [0.15, 0.2) is 5.84 Å². The monoisotopic (exact) mass is 236 g/mol. The summed E-state index contributed by atoms with van der Waals surface area (Å²) in [5.74, 6) is -1.15. The van der Waals surface area contributed by atoms with Crippen LogP contribution < -0.4 is 11.1 Å². The smallest absolute Gasteiger partial charge is 0.235 e. The molecule has 92 valence electrons. The molecule has 0 saturated heterocycles. The van der Waals surface area contributed by atoms with Gasteiger partial charge < -0.3 is 16.3 Å². The van der Waals surface area contributed by atoms with Crippen molar-refractivity contribution >= 4 is 17.4 Å². The van der Waals surface area contributed by atoms with Crippen LogP contribution in [-0.2, 0) is 4.79 Å². The first kappa shape index (κ1) is 13.0. The average molecular weight is 236 g/mol. The van der Waals surface area contributed by atoms with E-state index in [1.807, 2.05) is 13.8 Å². The Morgan fingerprint density at radius 1 is 1.59 bits per heavy atom. The number of aromatic nitrogens is 1. The molecule has 4 N–H and O–H groups in total. The van der Waals surface area contributed by atoms with Gasteiger partial charge in [-0.2, -0.15) is 0 Å². The van der Waals surface area contributed by atoms with Crippen molar-refractivity contribution in [2.75, 3.05) is 5.32 Å². The van der Waals surface area contributed by atoms with E-state index in [2.05, 4.69) is 15.5 Å². The molecule has 0 radical (unpaired) electrons. The minimum Gasteiger partial charge on any atom is -0.409 e. The molecule has 1 unspecified atom stereocenters. The van der Waals surface area contributed by atoms with Crippen LogP contribution in [0.4, 0.5) is 5.69 Å². The lowest BCUT2D eigenvalue weighted by atomic mass is 9.94. The quantitative estimate of drug-likeness (QED) is 0.314. The van der Waals surface area contributed by atoms with Gasteiger partial charge in [-0.3, -0.25) is 9.78 Å². The summed E-state index contributed by atoms with van der Waals surface area (Å²) in [4.78, 5) is 15.8. The van der Waals surface area contributed by atoms with Gasteiger partial charge in [0.2, 0.25) is 5.91 Å². The summed E-state index contributed by atoms with van der Waals surface area (Å²) >= 11 is 0. The van der Waals surface area contributed by atoms with Crippen LogP contribution in [0.15, 0.2) is 29.7 Å². The van der Waals surface area contributed by atoms with Gasteiger partial charge in [0, 0.05) is 6.20 Å². The van der Waals surface area contributed by atoms with Crippen LogP contribution in [-0.4, -0.2) is 21.9 Å². The highest BCUT2D eigenvalue weighted by atomic mass is 16.4. The molecule has 0 bridgehead atoms. The summed E-state index contributed by atoms with van der Waals surface area (Å²) in [7, 11) is 0. The van der Waals surface area contributed by atoms with Crippen molar-refractivity contribution in [3.05, 3.63) is 24.5 Å². The number of carbonyl (C=O) groups excluding carboxylic acids is 1. The largest absolute Gasteiger partial charge is 0.409 e. The van der Waals surface area contributed by atoms with Gasteiger partial charge in [0.05, 0.1) is 11.9 Å². The molecule has 1 amide bonds. The van der Waals surface area contributed by atoms with E-state index < -0.39 is 5.92 Å². The number of rotatable bonds is 4. The van der Waals surface area contributed by atoms with E-state index in [9.17, 15) is 4.79 Å². The molecule has 17 heavy (non-hydrogen) atoms. The Hall–Kier alpha value is -2.11. The zero-order valence-corrected chi connectivity index (χ0v) is 9.79. The lowest BCUT2D eigenvalue weighted by Crippen LogP contribution is -2.38. The number of carbonyl (C=O) groups is 1. The van der Waals surface area contributed by atoms with Gasteiger partial charge in [-0.25, -0.2) is 0 Å². The topological polar surface area (TPSA) is 101 Å². The van der Waals surface area contributed by atoms with Crippen molar-refractivity contribution in [3.8, 4) is 0 Å². The summed E-state index contributed by atoms with van der Waals surface area (Å²) in [6, 6.07) is 3.43. The SMILES string of the molecule is CC(C)C(C(=O)Nc1cccnc1)/C(N)=N/O. The van der Waals surface area contributed by atoms with Gasteiger partial charge in [-0.05, 0) is 18.1 Å². The fourth-order valence-electron chi connectivity index (χ4n) is 1.50. The summed E-state index contributed by atoms with van der Waals surface area (Å²) in [5, 5.41) is 14.2. The van der Waals surface area contributed by atoms with Crippen molar-refractivity contribution in [1.82, 2.24) is 4.98 Å². The van der Waals surface area contributed by atoms with Crippen LogP contribution >= 0.6 is 0 Å². The van der Waals surface area contributed by atoms with Gasteiger partial charge >= 0.3 is 0 Å². The molecule has 1 aromatic rings. The van der Waals surface area contributed by atoms with Gasteiger partial charge in [0.1, 0.15) is 5.92 Å². The number of amidine groups is 1. The van der Waals surface area contributed by atoms with Gasteiger partial charge in [-0.1, -0.05) is 19.0 Å². The number of hydrogen-bond donors (Lipinski definition) is 3. The maximum absolute atomic E-state index is 11.9. The van der Waals surface area contributed by atoms with E-state index in [0.717, 1.165) is 0 Å². The maximum Gasteiger partial charge on any atom is 0.235 e.